The monoisotopic (exact) mass is 364 g/mol. The number of carbonyl (C=O) groups excluding carboxylic acids is 1. The molecule has 0 atom stereocenters. The summed E-state index contributed by atoms with van der Waals surface area (Å²) in [6.45, 7) is 5.23. The van der Waals surface area contributed by atoms with Crippen LogP contribution in [0.3, 0.4) is 0 Å². The van der Waals surface area contributed by atoms with E-state index in [0.717, 1.165) is 16.8 Å². The largest absolute Gasteiger partial charge is 0.493 e. The maximum absolute atomic E-state index is 11.2. The van der Waals surface area contributed by atoms with Gasteiger partial charge in [0.25, 0.3) is 5.55 Å². The van der Waals surface area contributed by atoms with Crippen molar-refractivity contribution in [3.8, 4) is 22.6 Å². The Labute approximate surface area is 157 Å². The zero-order valence-electron chi connectivity index (χ0n) is 15.6. The zero-order chi connectivity index (χ0) is 19.4. The van der Waals surface area contributed by atoms with Crippen molar-refractivity contribution in [1.29, 1.82) is 0 Å². The number of ether oxygens (including phenoxy) is 2. The van der Waals surface area contributed by atoms with E-state index in [0.29, 0.717) is 22.7 Å². The smallest absolute Gasteiger partial charge is 0.308 e. The molecule has 2 aromatic carbocycles. The number of nitrogens with zero attached hydrogens (tertiary/aromatic N) is 2. The molecule has 3 rings (SSSR count). The summed E-state index contributed by atoms with van der Waals surface area (Å²) in [6, 6.07) is 15.1. The Morgan fingerprint density at radius 2 is 1.78 bits per heavy atom. The SMILES string of the molecule is COc1cc(N=c2onc(C)cc2-c2ccc(C)cc2)ccc1OC(C)=O. The van der Waals surface area contributed by atoms with Crippen molar-refractivity contribution in [3.63, 3.8) is 0 Å². The minimum Gasteiger partial charge on any atom is -0.493 e. The van der Waals surface area contributed by atoms with Gasteiger partial charge in [0, 0.05) is 18.6 Å². The lowest BCUT2D eigenvalue weighted by molar-refractivity contribution is -0.132. The first kappa shape index (κ1) is 18.4. The lowest BCUT2D eigenvalue weighted by atomic mass is 10.1. The summed E-state index contributed by atoms with van der Waals surface area (Å²) < 4.78 is 15.9. The molecule has 0 N–H and O–H groups in total. The van der Waals surface area contributed by atoms with E-state index in [9.17, 15) is 4.79 Å². The second kappa shape index (κ2) is 7.86. The van der Waals surface area contributed by atoms with Gasteiger partial charge in [-0.1, -0.05) is 35.0 Å². The van der Waals surface area contributed by atoms with Gasteiger partial charge >= 0.3 is 5.97 Å². The molecule has 0 saturated carbocycles. The number of rotatable bonds is 4. The first-order valence-corrected chi connectivity index (χ1v) is 8.42. The molecule has 0 unspecified atom stereocenters. The predicted molar refractivity (Wildman–Crippen MR) is 101 cm³/mol. The number of hydrogen-bond acceptors (Lipinski definition) is 6. The number of methoxy groups -OCH3 is 1. The van der Waals surface area contributed by atoms with E-state index in [1.807, 2.05) is 44.2 Å². The van der Waals surface area contributed by atoms with Crippen molar-refractivity contribution < 1.29 is 18.8 Å². The Morgan fingerprint density at radius 3 is 2.44 bits per heavy atom. The summed E-state index contributed by atoms with van der Waals surface area (Å²) in [4.78, 5) is 15.8. The van der Waals surface area contributed by atoms with E-state index in [-0.39, 0.29) is 0 Å². The number of hydrogen-bond donors (Lipinski definition) is 0. The lowest BCUT2D eigenvalue weighted by Crippen LogP contribution is -2.07. The van der Waals surface area contributed by atoms with Gasteiger partial charge in [0.2, 0.25) is 0 Å². The van der Waals surface area contributed by atoms with Gasteiger partial charge in [-0.15, -0.1) is 0 Å². The lowest BCUT2D eigenvalue weighted by Gasteiger charge is -2.08. The van der Waals surface area contributed by atoms with Crippen molar-refractivity contribution in [3.05, 3.63) is 65.3 Å². The van der Waals surface area contributed by atoms with E-state index in [2.05, 4.69) is 10.1 Å². The molecule has 1 heterocycles. The van der Waals surface area contributed by atoms with E-state index in [1.54, 1.807) is 18.2 Å². The highest BCUT2D eigenvalue weighted by Crippen LogP contribution is 2.31. The van der Waals surface area contributed by atoms with Gasteiger partial charge in [0.15, 0.2) is 11.5 Å². The second-order valence-electron chi connectivity index (χ2n) is 6.09. The van der Waals surface area contributed by atoms with Gasteiger partial charge in [0.1, 0.15) is 0 Å². The number of aromatic nitrogens is 1. The van der Waals surface area contributed by atoms with Crippen LogP contribution in [-0.2, 0) is 4.79 Å². The molecule has 27 heavy (non-hydrogen) atoms. The van der Waals surface area contributed by atoms with Crippen LogP contribution in [-0.4, -0.2) is 18.2 Å². The first-order chi connectivity index (χ1) is 13.0. The Morgan fingerprint density at radius 1 is 1.04 bits per heavy atom. The number of carbonyl (C=O) groups is 1. The van der Waals surface area contributed by atoms with E-state index < -0.39 is 5.97 Å². The first-order valence-electron chi connectivity index (χ1n) is 8.42. The summed E-state index contributed by atoms with van der Waals surface area (Å²) in [5.74, 6) is 0.322. The van der Waals surface area contributed by atoms with Crippen LogP contribution in [0.1, 0.15) is 18.2 Å². The molecule has 6 nitrogen and oxygen atoms in total. The highest BCUT2D eigenvalue weighted by atomic mass is 16.6. The molecular formula is C21H20N2O4. The molecule has 6 heteroatoms. The number of aryl methyl sites for hydroxylation is 2. The average Bonchev–Trinajstić information content (AvgIpc) is 2.64. The molecule has 0 radical (unpaired) electrons. The highest BCUT2D eigenvalue weighted by Gasteiger charge is 2.10. The van der Waals surface area contributed by atoms with Crippen LogP contribution in [0.4, 0.5) is 5.69 Å². The zero-order valence-corrected chi connectivity index (χ0v) is 15.6. The minimum atomic E-state index is -0.419. The Hall–Kier alpha value is -3.41. The van der Waals surface area contributed by atoms with E-state index in [4.69, 9.17) is 14.0 Å². The Kier molecular flexibility index (Phi) is 5.35. The van der Waals surface area contributed by atoms with E-state index in [1.165, 1.54) is 19.6 Å². The Balaban J connectivity index is 2.10. The average molecular weight is 364 g/mol. The van der Waals surface area contributed by atoms with Crippen molar-refractivity contribution in [2.75, 3.05) is 7.11 Å². The van der Waals surface area contributed by atoms with Crippen molar-refractivity contribution in [1.82, 2.24) is 5.16 Å². The third kappa shape index (κ3) is 4.41. The maximum atomic E-state index is 11.2. The normalized spacial score (nSPS) is 11.3. The number of esters is 1. The van der Waals surface area contributed by atoms with Crippen LogP contribution in [0.2, 0.25) is 0 Å². The molecule has 0 amide bonds. The quantitative estimate of drug-likeness (QED) is 0.514. The van der Waals surface area contributed by atoms with Gasteiger partial charge in [0.05, 0.1) is 18.5 Å². The molecule has 0 saturated heterocycles. The third-order valence-corrected chi connectivity index (χ3v) is 3.85. The molecule has 0 aliphatic heterocycles. The molecule has 3 aromatic rings. The van der Waals surface area contributed by atoms with Crippen LogP contribution < -0.4 is 15.0 Å². The number of benzene rings is 2. The minimum absolute atomic E-state index is 0.335. The van der Waals surface area contributed by atoms with Crippen LogP contribution in [0.5, 0.6) is 11.5 Å². The Bertz CT molecular complexity index is 1040. The van der Waals surface area contributed by atoms with E-state index >= 15 is 0 Å². The predicted octanol–water partition coefficient (Wildman–Crippen LogP) is 4.12. The molecule has 0 bridgehead atoms. The molecule has 138 valence electrons. The van der Waals surface area contributed by atoms with Crippen LogP contribution in [0.15, 0.2) is 58.0 Å². The van der Waals surface area contributed by atoms with Gasteiger partial charge in [-0.25, -0.2) is 4.99 Å². The summed E-state index contributed by atoms with van der Waals surface area (Å²) in [7, 11) is 1.50. The topological polar surface area (TPSA) is 73.9 Å². The fraction of sp³-hybridized carbons (Fsp3) is 0.190. The van der Waals surface area contributed by atoms with Crippen molar-refractivity contribution in [2.45, 2.75) is 20.8 Å². The van der Waals surface area contributed by atoms with Crippen LogP contribution in [0, 0.1) is 13.8 Å². The van der Waals surface area contributed by atoms with Gasteiger partial charge in [-0.05, 0) is 37.6 Å². The van der Waals surface area contributed by atoms with Crippen molar-refractivity contribution in [2.24, 2.45) is 4.99 Å². The summed E-state index contributed by atoms with van der Waals surface area (Å²) in [5.41, 5.74) is 4.72. The second-order valence-corrected chi connectivity index (χ2v) is 6.09. The van der Waals surface area contributed by atoms with Gasteiger partial charge in [-0.3, -0.25) is 4.79 Å². The van der Waals surface area contributed by atoms with Gasteiger partial charge < -0.3 is 14.0 Å². The molecule has 0 aliphatic rings. The molecule has 1 aromatic heterocycles. The molecular weight excluding hydrogens is 344 g/mol. The van der Waals surface area contributed by atoms with Crippen LogP contribution in [0.25, 0.3) is 11.1 Å². The fourth-order valence-corrected chi connectivity index (χ4v) is 2.56. The van der Waals surface area contributed by atoms with Gasteiger partial charge in [-0.2, -0.15) is 0 Å². The third-order valence-electron chi connectivity index (χ3n) is 3.85. The summed E-state index contributed by atoms with van der Waals surface area (Å²) in [5, 5.41) is 4.01. The maximum Gasteiger partial charge on any atom is 0.308 e. The standard InChI is InChI=1S/C21H20N2O4/c1-13-5-7-16(8-6-13)18-11-14(2)23-27-21(18)22-17-9-10-19(26-15(3)24)20(12-17)25-4/h5-12H,1-4H3. The summed E-state index contributed by atoms with van der Waals surface area (Å²) in [6.07, 6.45) is 0. The molecule has 0 spiro atoms. The van der Waals surface area contributed by atoms with Crippen LogP contribution >= 0.6 is 0 Å². The molecule has 0 aliphatic carbocycles. The molecule has 0 fully saturated rings. The fourth-order valence-electron chi connectivity index (χ4n) is 2.56. The van der Waals surface area contributed by atoms with Crippen molar-refractivity contribution >= 4 is 11.7 Å². The highest BCUT2D eigenvalue weighted by molar-refractivity contribution is 5.71. The summed E-state index contributed by atoms with van der Waals surface area (Å²) >= 11 is 0.